The summed E-state index contributed by atoms with van der Waals surface area (Å²) in [7, 11) is 5.88. The van der Waals surface area contributed by atoms with E-state index in [1.807, 2.05) is 31.4 Å². The van der Waals surface area contributed by atoms with Crippen LogP contribution in [0.15, 0.2) is 0 Å². The molecule has 1 rings (SSSR count). The SMILES string of the molecule is C1CSSSC1.O.O.O. The third kappa shape index (κ3) is 8.93. The average Bonchev–Trinajstić information content (AvgIpc) is 1.72. The van der Waals surface area contributed by atoms with Crippen LogP contribution in [0.5, 0.6) is 0 Å². The zero-order valence-corrected chi connectivity index (χ0v) is 7.30. The molecule has 0 amide bonds. The van der Waals surface area contributed by atoms with Crippen molar-refractivity contribution in [3.63, 3.8) is 0 Å². The van der Waals surface area contributed by atoms with Gasteiger partial charge in [0.15, 0.2) is 0 Å². The first kappa shape index (κ1) is 16.5. The highest BCUT2D eigenvalue weighted by Crippen LogP contribution is 2.39. The molecule has 60 valence electrons. The van der Waals surface area contributed by atoms with Gasteiger partial charge in [0, 0.05) is 11.5 Å². The van der Waals surface area contributed by atoms with Crippen LogP contribution in [-0.4, -0.2) is 27.9 Å². The van der Waals surface area contributed by atoms with Crippen molar-refractivity contribution >= 4 is 31.4 Å². The maximum Gasteiger partial charge on any atom is 0.00533 e. The standard InChI is InChI=1S/C3H6S3.3H2O/c1-2-4-6-5-3-1;;;/h1-3H2;3*1H2. The molecule has 0 radical (unpaired) electrons. The second-order valence-electron chi connectivity index (χ2n) is 1.07. The van der Waals surface area contributed by atoms with Gasteiger partial charge in [0.25, 0.3) is 0 Å². The fraction of sp³-hybridized carbons (Fsp3) is 1.00. The lowest BCUT2D eigenvalue weighted by molar-refractivity contribution is 0.823. The Labute approximate surface area is 66.1 Å². The minimum Gasteiger partial charge on any atom is -0.412 e. The van der Waals surface area contributed by atoms with Crippen LogP contribution in [0.3, 0.4) is 0 Å². The second-order valence-corrected chi connectivity index (χ2v) is 5.54. The maximum atomic E-state index is 1.97. The highest BCUT2D eigenvalue weighted by molar-refractivity contribution is 9.09. The smallest absolute Gasteiger partial charge is 0.00533 e. The molecule has 0 saturated carbocycles. The predicted octanol–water partition coefficient (Wildman–Crippen LogP) is -0.0544. The van der Waals surface area contributed by atoms with Crippen molar-refractivity contribution in [1.29, 1.82) is 0 Å². The zero-order valence-electron chi connectivity index (χ0n) is 4.85. The molecular weight excluding hydrogens is 180 g/mol. The predicted molar refractivity (Wildman–Crippen MR) is 48.0 cm³/mol. The molecule has 6 heteroatoms. The molecule has 1 saturated heterocycles. The molecule has 0 unspecified atom stereocenters. The van der Waals surface area contributed by atoms with Gasteiger partial charge in [-0.15, -0.1) is 0 Å². The van der Waals surface area contributed by atoms with E-state index >= 15 is 0 Å². The second kappa shape index (κ2) is 11.7. The van der Waals surface area contributed by atoms with E-state index in [4.69, 9.17) is 0 Å². The van der Waals surface area contributed by atoms with Crippen molar-refractivity contribution in [2.24, 2.45) is 0 Å². The van der Waals surface area contributed by atoms with Crippen molar-refractivity contribution < 1.29 is 16.4 Å². The minimum absolute atomic E-state index is 0. The molecule has 0 spiro atoms. The van der Waals surface area contributed by atoms with Gasteiger partial charge in [-0.05, 0) is 16.2 Å². The monoisotopic (exact) mass is 192 g/mol. The lowest BCUT2D eigenvalue weighted by Crippen LogP contribution is -1.82. The van der Waals surface area contributed by atoms with Gasteiger partial charge in [-0.1, -0.05) is 21.6 Å². The number of rotatable bonds is 0. The van der Waals surface area contributed by atoms with Gasteiger partial charge in [0.05, 0.1) is 0 Å². The average molecular weight is 192 g/mol. The summed E-state index contributed by atoms with van der Waals surface area (Å²) in [6.45, 7) is 0. The molecule has 0 atom stereocenters. The van der Waals surface area contributed by atoms with Crippen molar-refractivity contribution in [1.82, 2.24) is 0 Å². The summed E-state index contributed by atoms with van der Waals surface area (Å²) in [5.41, 5.74) is 0. The van der Waals surface area contributed by atoms with E-state index in [0.29, 0.717) is 0 Å². The Morgan fingerprint density at radius 1 is 0.778 bits per heavy atom. The molecule has 1 aliphatic heterocycles. The van der Waals surface area contributed by atoms with Gasteiger partial charge in [-0.25, -0.2) is 0 Å². The fourth-order valence-electron chi connectivity index (χ4n) is 0.279. The van der Waals surface area contributed by atoms with Crippen LogP contribution in [0.25, 0.3) is 0 Å². The molecule has 1 fully saturated rings. The minimum atomic E-state index is 0. The summed E-state index contributed by atoms with van der Waals surface area (Å²) < 4.78 is 0. The molecule has 0 aromatic heterocycles. The Balaban J connectivity index is -0.000000120. The van der Waals surface area contributed by atoms with Gasteiger partial charge in [-0.3, -0.25) is 0 Å². The molecule has 6 N–H and O–H groups in total. The van der Waals surface area contributed by atoms with Crippen molar-refractivity contribution in [2.45, 2.75) is 6.42 Å². The normalized spacial score (nSPS) is 16.0. The molecule has 1 aliphatic rings. The van der Waals surface area contributed by atoms with E-state index in [1.54, 1.807) is 0 Å². The van der Waals surface area contributed by atoms with Gasteiger partial charge >= 0.3 is 0 Å². The largest absolute Gasteiger partial charge is 0.412 e. The third-order valence-electron chi connectivity index (χ3n) is 0.552. The molecule has 9 heavy (non-hydrogen) atoms. The number of hydrogen-bond acceptors (Lipinski definition) is 3. The van der Waals surface area contributed by atoms with Gasteiger partial charge in [0.2, 0.25) is 0 Å². The third-order valence-corrected chi connectivity index (χ3v) is 4.96. The summed E-state index contributed by atoms with van der Waals surface area (Å²) in [5, 5.41) is 0. The Morgan fingerprint density at radius 2 is 1.22 bits per heavy atom. The highest BCUT2D eigenvalue weighted by Gasteiger charge is 1.97. The van der Waals surface area contributed by atoms with E-state index in [1.165, 1.54) is 17.9 Å². The fourth-order valence-corrected chi connectivity index (χ4v) is 4.35. The van der Waals surface area contributed by atoms with Crippen LogP contribution in [-0.2, 0) is 0 Å². The van der Waals surface area contributed by atoms with Gasteiger partial charge in [0.1, 0.15) is 0 Å². The topological polar surface area (TPSA) is 94.5 Å². The summed E-state index contributed by atoms with van der Waals surface area (Å²) >= 11 is 0. The molecule has 0 aromatic carbocycles. The van der Waals surface area contributed by atoms with Crippen molar-refractivity contribution in [3.05, 3.63) is 0 Å². The first-order valence-electron chi connectivity index (χ1n) is 1.91. The maximum absolute atomic E-state index is 1.97. The Bertz CT molecular complexity index is 29.8. The lowest BCUT2D eigenvalue weighted by Gasteiger charge is -2.04. The van der Waals surface area contributed by atoms with Gasteiger partial charge < -0.3 is 16.4 Å². The highest BCUT2D eigenvalue weighted by atomic mass is 33.5. The van der Waals surface area contributed by atoms with Crippen LogP contribution in [0.2, 0.25) is 0 Å². The lowest BCUT2D eigenvalue weighted by atomic mass is 10.6. The molecule has 0 aromatic rings. The van der Waals surface area contributed by atoms with E-state index in [0.717, 1.165) is 0 Å². The van der Waals surface area contributed by atoms with Gasteiger partial charge in [-0.2, -0.15) is 0 Å². The molecule has 1 heterocycles. The van der Waals surface area contributed by atoms with E-state index < -0.39 is 0 Å². The van der Waals surface area contributed by atoms with Crippen molar-refractivity contribution in [2.75, 3.05) is 11.5 Å². The number of hydrogen-bond donors (Lipinski definition) is 0. The van der Waals surface area contributed by atoms with Crippen LogP contribution in [0.4, 0.5) is 0 Å². The van der Waals surface area contributed by atoms with Crippen LogP contribution >= 0.6 is 31.4 Å². The first-order chi connectivity index (χ1) is 3.00. The first-order valence-corrected chi connectivity index (χ1v) is 5.73. The molecular formula is C3H12O3S3. The summed E-state index contributed by atoms with van der Waals surface area (Å²) in [6, 6.07) is 0. The van der Waals surface area contributed by atoms with Crippen LogP contribution < -0.4 is 0 Å². The van der Waals surface area contributed by atoms with Crippen molar-refractivity contribution in [3.8, 4) is 0 Å². The summed E-state index contributed by atoms with van der Waals surface area (Å²) in [5.74, 6) is 2.72. The molecule has 0 aliphatic carbocycles. The van der Waals surface area contributed by atoms with Crippen LogP contribution in [0.1, 0.15) is 6.42 Å². The summed E-state index contributed by atoms with van der Waals surface area (Å²) in [4.78, 5) is 0. The van der Waals surface area contributed by atoms with E-state index in [2.05, 4.69) is 0 Å². The van der Waals surface area contributed by atoms with Crippen LogP contribution in [0, 0.1) is 0 Å². The summed E-state index contributed by atoms with van der Waals surface area (Å²) in [6.07, 6.45) is 1.41. The molecule has 3 nitrogen and oxygen atoms in total. The Morgan fingerprint density at radius 3 is 1.33 bits per heavy atom. The van der Waals surface area contributed by atoms with E-state index in [9.17, 15) is 0 Å². The van der Waals surface area contributed by atoms with E-state index in [-0.39, 0.29) is 16.4 Å². The Hall–Kier alpha value is 0.930. The Kier molecular flexibility index (Phi) is 21.4. The zero-order chi connectivity index (χ0) is 4.24. The quantitative estimate of drug-likeness (QED) is 0.503. The molecule has 0 bridgehead atoms.